The van der Waals surface area contributed by atoms with Gasteiger partial charge in [0.05, 0.1) is 10.5 Å². The quantitative estimate of drug-likeness (QED) is 0.939. The van der Waals surface area contributed by atoms with Crippen LogP contribution in [-0.2, 0) is 0 Å². The molecule has 0 unspecified atom stereocenters. The van der Waals surface area contributed by atoms with Crippen LogP contribution in [0.1, 0.15) is 20.8 Å². The number of thioether (sulfide) groups is 1. The summed E-state index contributed by atoms with van der Waals surface area (Å²) in [5, 5.41) is 2.84. The van der Waals surface area contributed by atoms with Gasteiger partial charge < -0.3 is 5.32 Å². The highest BCUT2D eigenvalue weighted by molar-refractivity contribution is 8.03. The Labute approximate surface area is 129 Å². The van der Waals surface area contributed by atoms with E-state index >= 15 is 0 Å². The monoisotopic (exact) mass is 315 g/mol. The molecule has 3 rings (SSSR count). The summed E-state index contributed by atoms with van der Waals surface area (Å²) in [7, 11) is 0. The number of hydrogen-bond donors (Lipinski definition) is 1. The molecular weight excluding hydrogens is 305 g/mol. The summed E-state index contributed by atoms with van der Waals surface area (Å²) < 4.78 is 13.3. The summed E-state index contributed by atoms with van der Waals surface area (Å²) in [5.74, 6) is -1.16. The second-order valence-corrected chi connectivity index (χ2v) is 5.30. The second-order valence-electron chi connectivity index (χ2n) is 4.49. The van der Waals surface area contributed by atoms with Crippen molar-refractivity contribution < 1.29 is 14.0 Å². The average Bonchev–Trinajstić information content (AvgIpc) is 2.53. The molecule has 2 aromatic rings. The van der Waals surface area contributed by atoms with Crippen molar-refractivity contribution >= 4 is 29.0 Å². The Morgan fingerprint density at radius 2 is 2.05 bits per heavy atom. The summed E-state index contributed by atoms with van der Waals surface area (Å²) in [6, 6.07) is 5.68. The van der Waals surface area contributed by atoms with Crippen LogP contribution in [0.4, 0.5) is 10.1 Å². The molecule has 22 heavy (non-hydrogen) atoms. The average molecular weight is 315 g/mol. The minimum atomic E-state index is -0.436. The Kier molecular flexibility index (Phi) is 3.72. The van der Waals surface area contributed by atoms with Gasteiger partial charge in [-0.15, -0.1) is 11.8 Å². The Morgan fingerprint density at radius 3 is 2.77 bits per heavy atom. The molecule has 1 aliphatic rings. The molecule has 110 valence electrons. The predicted molar refractivity (Wildman–Crippen MR) is 81.3 cm³/mol. The van der Waals surface area contributed by atoms with Crippen molar-refractivity contribution in [2.24, 2.45) is 0 Å². The standard InChI is InChI=1S/C15H10FN3O2S/c1-22-15-12(19-9-4-2-3-8(16)5-9)13(20)10-6-17-7-18-11(10)14(15)21/h2-7,19H,1H3. The highest BCUT2D eigenvalue weighted by Gasteiger charge is 2.33. The van der Waals surface area contributed by atoms with Crippen molar-refractivity contribution in [3.8, 4) is 0 Å². The molecule has 0 saturated heterocycles. The number of anilines is 1. The Balaban J connectivity index is 2.08. The zero-order valence-corrected chi connectivity index (χ0v) is 12.3. The van der Waals surface area contributed by atoms with Crippen LogP contribution in [0.15, 0.2) is 47.4 Å². The minimum absolute atomic E-state index is 0.0918. The van der Waals surface area contributed by atoms with Crippen LogP contribution in [0, 0.1) is 5.82 Å². The van der Waals surface area contributed by atoms with Crippen LogP contribution in [0.2, 0.25) is 0 Å². The molecule has 0 spiro atoms. The number of benzene rings is 1. The van der Waals surface area contributed by atoms with Gasteiger partial charge in [-0.05, 0) is 24.5 Å². The highest BCUT2D eigenvalue weighted by atomic mass is 32.2. The van der Waals surface area contributed by atoms with Gasteiger partial charge in [-0.2, -0.15) is 0 Å². The molecule has 0 aliphatic heterocycles. The topological polar surface area (TPSA) is 72.0 Å². The number of Topliss-reactive ketones (excluding diaryl/α,β-unsaturated/α-hetero) is 2. The molecule has 1 heterocycles. The number of halogens is 1. The van der Waals surface area contributed by atoms with Crippen LogP contribution >= 0.6 is 11.8 Å². The summed E-state index contributed by atoms with van der Waals surface area (Å²) >= 11 is 1.15. The van der Waals surface area contributed by atoms with E-state index in [1.54, 1.807) is 12.3 Å². The van der Waals surface area contributed by atoms with Crippen molar-refractivity contribution in [1.82, 2.24) is 9.97 Å². The molecule has 1 aromatic carbocycles. The first-order chi connectivity index (χ1) is 10.6. The molecule has 1 aromatic heterocycles. The molecule has 0 radical (unpaired) electrons. The summed E-state index contributed by atoms with van der Waals surface area (Å²) in [6.45, 7) is 0. The van der Waals surface area contributed by atoms with E-state index in [-0.39, 0.29) is 33.4 Å². The van der Waals surface area contributed by atoms with Gasteiger partial charge in [0.15, 0.2) is 0 Å². The number of fused-ring (bicyclic) bond motifs is 1. The molecule has 0 fully saturated rings. The lowest BCUT2D eigenvalue weighted by atomic mass is 9.98. The van der Waals surface area contributed by atoms with Gasteiger partial charge >= 0.3 is 0 Å². The van der Waals surface area contributed by atoms with E-state index in [0.29, 0.717) is 5.69 Å². The van der Waals surface area contributed by atoms with Crippen LogP contribution in [0.5, 0.6) is 0 Å². The van der Waals surface area contributed by atoms with E-state index in [2.05, 4.69) is 15.3 Å². The number of ketones is 2. The summed E-state index contributed by atoms with van der Waals surface area (Å²) in [4.78, 5) is 32.9. The minimum Gasteiger partial charge on any atom is -0.351 e. The van der Waals surface area contributed by atoms with Crippen molar-refractivity contribution in [3.63, 3.8) is 0 Å². The van der Waals surface area contributed by atoms with Gasteiger partial charge in [0.2, 0.25) is 11.6 Å². The Morgan fingerprint density at radius 1 is 1.23 bits per heavy atom. The third-order valence-electron chi connectivity index (χ3n) is 3.13. The number of rotatable bonds is 3. The van der Waals surface area contributed by atoms with E-state index in [1.165, 1.54) is 30.7 Å². The fourth-order valence-corrected chi connectivity index (χ4v) is 2.78. The second kappa shape index (κ2) is 5.69. The molecule has 0 atom stereocenters. The van der Waals surface area contributed by atoms with Crippen LogP contribution < -0.4 is 5.32 Å². The maximum absolute atomic E-state index is 13.3. The number of nitrogens with one attached hydrogen (secondary N) is 1. The fraction of sp³-hybridized carbons (Fsp3) is 0.0667. The molecule has 0 saturated carbocycles. The third-order valence-corrected chi connectivity index (χ3v) is 3.93. The lowest BCUT2D eigenvalue weighted by Gasteiger charge is -2.19. The van der Waals surface area contributed by atoms with Crippen LogP contribution in [0.25, 0.3) is 0 Å². The smallest absolute Gasteiger partial charge is 0.220 e. The Hall–Kier alpha value is -2.54. The van der Waals surface area contributed by atoms with Crippen molar-refractivity contribution in [3.05, 3.63) is 64.5 Å². The molecule has 1 N–H and O–H groups in total. The molecule has 7 heteroatoms. The molecule has 5 nitrogen and oxygen atoms in total. The largest absolute Gasteiger partial charge is 0.351 e. The van der Waals surface area contributed by atoms with Gasteiger partial charge in [-0.3, -0.25) is 9.59 Å². The maximum Gasteiger partial charge on any atom is 0.220 e. The van der Waals surface area contributed by atoms with E-state index in [9.17, 15) is 14.0 Å². The number of allylic oxidation sites excluding steroid dienone is 2. The van der Waals surface area contributed by atoms with Crippen molar-refractivity contribution in [2.45, 2.75) is 0 Å². The predicted octanol–water partition coefficient (Wildman–Crippen LogP) is 2.68. The van der Waals surface area contributed by atoms with Crippen molar-refractivity contribution in [1.29, 1.82) is 0 Å². The lowest BCUT2D eigenvalue weighted by Crippen LogP contribution is -2.26. The van der Waals surface area contributed by atoms with Gasteiger partial charge in [-0.1, -0.05) is 6.07 Å². The van der Waals surface area contributed by atoms with Crippen LogP contribution in [-0.4, -0.2) is 27.8 Å². The summed E-state index contributed by atoms with van der Waals surface area (Å²) in [6.07, 6.45) is 4.24. The van der Waals surface area contributed by atoms with E-state index < -0.39 is 5.82 Å². The number of carbonyl (C=O) groups is 2. The van der Waals surface area contributed by atoms with E-state index in [4.69, 9.17) is 0 Å². The Bertz CT molecular complexity index is 820. The SMILES string of the molecule is CSC1=C(Nc2cccc(F)c2)C(=O)c2cncnc2C1=O. The summed E-state index contributed by atoms with van der Waals surface area (Å²) in [5.41, 5.74) is 0.742. The lowest BCUT2D eigenvalue weighted by molar-refractivity contribution is 0.0978. The van der Waals surface area contributed by atoms with Crippen molar-refractivity contribution in [2.75, 3.05) is 11.6 Å². The van der Waals surface area contributed by atoms with Crippen LogP contribution in [0.3, 0.4) is 0 Å². The number of nitrogens with zero attached hydrogens (tertiary/aromatic N) is 2. The number of hydrogen-bond acceptors (Lipinski definition) is 6. The first kappa shape index (κ1) is 14.4. The van der Waals surface area contributed by atoms with E-state index in [1.807, 2.05) is 0 Å². The molecule has 0 bridgehead atoms. The van der Waals surface area contributed by atoms with Gasteiger partial charge in [0.1, 0.15) is 23.5 Å². The first-order valence-corrected chi connectivity index (χ1v) is 7.54. The number of carbonyl (C=O) groups excluding carboxylic acids is 2. The van der Waals surface area contributed by atoms with Gasteiger partial charge in [-0.25, -0.2) is 14.4 Å². The molecular formula is C15H10FN3O2S. The normalized spacial score (nSPS) is 14.1. The third kappa shape index (κ3) is 2.39. The maximum atomic E-state index is 13.3. The van der Waals surface area contributed by atoms with Gasteiger partial charge in [0, 0.05) is 11.9 Å². The zero-order valence-electron chi connectivity index (χ0n) is 11.5. The molecule has 0 amide bonds. The highest BCUT2D eigenvalue weighted by Crippen LogP contribution is 2.31. The fourth-order valence-electron chi connectivity index (χ4n) is 2.15. The first-order valence-electron chi connectivity index (χ1n) is 6.32. The molecule has 1 aliphatic carbocycles. The number of aromatic nitrogens is 2. The van der Waals surface area contributed by atoms with E-state index in [0.717, 1.165) is 11.8 Å². The van der Waals surface area contributed by atoms with Gasteiger partial charge in [0.25, 0.3) is 0 Å². The zero-order chi connectivity index (χ0) is 15.7.